The van der Waals surface area contributed by atoms with Gasteiger partial charge in [0, 0.05) is 13.6 Å². The van der Waals surface area contributed by atoms with Gasteiger partial charge in [0.25, 0.3) is 0 Å². The highest BCUT2D eigenvalue weighted by Crippen LogP contribution is 2.32. The Hall–Kier alpha value is -0.840. The zero-order chi connectivity index (χ0) is 12.3. The molecule has 1 aliphatic carbocycles. The molecule has 2 rings (SSSR count). The highest BCUT2D eigenvalue weighted by atomic mass is 79.9. The van der Waals surface area contributed by atoms with Crippen molar-refractivity contribution >= 4 is 27.6 Å². The number of hydrogen-bond donors (Lipinski definition) is 2. The van der Waals surface area contributed by atoms with Crippen molar-refractivity contribution in [2.24, 2.45) is 11.8 Å². The van der Waals surface area contributed by atoms with E-state index in [2.05, 4.69) is 43.5 Å². The molecule has 1 fully saturated rings. The van der Waals surface area contributed by atoms with E-state index in [1.165, 1.54) is 19.3 Å². The van der Waals surface area contributed by atoms with Gasteiger partial charge < -0.3 is 10.6 Å². The van der Waals surface area contributed by atoms with Gasteiger partial charge in [-0.15, -0.1) is 0 Å². The maximum absolute atomic E-state index is 4.26. The summed E-state index contributed by atoms with van der Waals surface area (Å²) in [4.78, 5) is 8.41. The summed E-state index contributed by atoms with van der Waals surface area (Å²) in [6, 6.07) is 0. The van der Waals surface area contributed by atoms with E-state index in [0.717, 1.165) is 34.5 Å². The SMILES string of the molecule is CNc1ncnc(NCC2CCCC2C)c1Br. The molecule has 2 atom stereocenters. The summed E-state index contributed by atoms with van der Waals surface area (Å²) in [7, 11) is 1.86. The molecule has 0 bridgehead atoms. The molecule has 0 spiro atoms. The average molecular weight is 299 g/mol. The molecule has 94 valence electrons. The average Bonchev–Trinajstić information content (AvgIpc) is 2.74. The lowest BCUT2D eigenvalue weighted by atomic mass is 9.98. The van der Waals surface area contributed by atoms with Gasteiger partial charge in [0.15, 0.2) is 0 Å². The zero-order valence-electron chi connectivity index (χ0n) is 10.3. The molecule has 1 aromatic rings. The Morgan fingerprint density at radius 2 is 2.12 bits per heavy atom. The third-order valence-electron chi connectivity index (χ3n) is 3.60. The van der Waals surface area contributed by atoms with Crippen LogP contribution in [0.25, 0.3) is 0 Å². The Bertz CT molecular complexity index is 383. The van der Waals surface area contributed by atoms with Crippen LogP contribution < -0.4 is 10.6 Å². The van der Waals surface area contributed by atoms with Crippen molar-refractivity contribution in [1.29, 1.82) is 0 Å². The molecule has 17 heavy (non-hydrogen) atoms. The molecule has 0 amide bonds. The smallest absolute Gasteiger partial charge is 0.145 e. The first-order valence-electron chi connectivity index (χ1n) is 6.14. The lowest BCUT2D eigenvalue weighted by molar-refractivity contribution is 0.439. The van der Waals surface area contributed by atoms with Crippen LogP contribution in [-0.4, -0.2) is 23.6 Å². The predicted molar refractivity (Wildman–Crippen MR) is 74.3 cm³/mol. The van der Waals surface area contributed by atoms with Gasteiger partial charge in [-0.05, 0) is 34.2 Å². The summed E-state index contributed by atoms with van der Waals surface area (Å²) in [6.45, 7) is 3.34. The third kappa shape index (κ3) is 2.89. The maximum Gasteiger partial charge on any atom is 0.145 e. The van der Waals surface area contributed by atoms with E-state index in [-0.39, 0.29) is 0 Å². The van der Waals surface area contributed by atoms with E-state index >= 15 is 0 Å². The van der Waals surface area contributed by atoms with Crippen molar-refractivity contribution in [3.05, 3.63) is 10.8 Å². The van der Waals surface area contributed by atoms with E-state index in [9.17, 15) is 0 Å². The molecule has 1 aromatic heterocycles. The highest BCUT2D eigenvalue weighted by Gasteiger charge is 2.23. The van der Waals surface area contributed by atoms with Gasteiger partial charge in [-0.3, -0.25) is 0 Å². The van der Waals surface area contributed by atoms with Crippen LogP contribution in [0.5, 0.6) is 0 Å². The molecule has 0 aliphatic heterocycles. The van der Waals surface area contributed by atoms with Crippen molar-refractivity contribution in [3.63, 3.8) is 0 Å². The van der Waals surface area contributed by atoms with Crippen LogP contribution in [0, 0.1) is 11.8 Å². The quantitative estimate of drug-likeness (QED) is 0.897. The predicted octanol–water partition coefficient (Wildman–Crippen LogP) is 3.13. The molecular weight excluding hydrogens is 280 g/mol. The summed E-state index contributed by atoms with van der Waals surface area (Å²) in [5.74, 6) is 3.30. The Morgan fingerprint density at radius 1 is 1.35 bits per heavy atom. The Morgan fingerprint density at radius 3 is 2.76 bits per heavy atom. The van der Waals surface area contributed by atoms with Crippen LogP contribution in [0.15, 0.2) is 10.8 Å². The Kier molecular flexibility index (Phi) is 4.20. The molecule has 2 unspecified atom stereocenters. The van der Waals surface area contributed by atoms with Gasteiger partial charge in [-0.1, -0.05) is 19.8 Å². The molecule has 4 nitrogen and oxygen atoms in total. The van der Waals surface area contributed by atoms with Gasteiger partial charge in [0.2, 0.25) is 0 Å². The van der Waals surface area contributed by atoms with Crippen molar-refractivity contribution < 1.29 is 0 Å². The fourth-order valence-corrected chi connectivity index (χ4v) is 2.96. The number of nitrogens with zero attached hydrogens (tertiary/aromatic N) is 2. The summed E-state index contributed by atoms with van der Waals surface area (Å²) < 4.78 is 0.910. The number of aromatic nitrogens is 2. The molecule has 2 N–H and O–H groups in total. The fourth-order valence-electron chi connectivity index (χ4n) is 2.42. The minimum atomic E-state index is 0.773. The number of halogens is 1. The van der Waals surface area contributed by atoms with E-state index in [0.29, 0.717) is 0 Å². The monoisotopic (exact) mass is 298 g/mol. The van der Waals surface area contributed by atoms with Crippen molar-refractivity contribution in [2.75, 3.05) is 24.2 Å². The van der Waals surface area contributed by atoms with E-state index in [4.69, 9.17) is 0 Å². The fraction of sp³-hybridized carbons (Fsp3) is 0.667. The topological polar surface area (TPSA) is 49.8 Å². The van der Waals surface area contributed by atoms with E-state index in [1.807, 2.05) is 7.05 Å². The van der Waals surface area contributed by atoms with Crippen LogP contribution >= 0.6 is 15.9 Å². The summed E-state index contributed by atoms with van der Waals surface area (Å²) in [6.07, 6.45) is 5.63. The molecule has 1 heterocycles. The summed E-state index contributed by atoms with van der Waals surface area (Å²) in [5.41, 5.74) is 0. The largest absolute Gasteiger partial charge is 0.372 e. The Labute approximate surface area is 111 Å². The van der Waals surface area contributed by atoms with Gasteiger partial charge in [0.05, 0.1) is 0 Å². The first-order valence-corrected chi connectivity index (χ1v) is 6.93. The lowest BCUT2D eigenvalue weighted by Gasteiger charge is -2.17. The van der Waals surface area contributed by atoms with Gasteiger partial charge >= 0.3 is 0 Å². The second-order valence-corrected chi connectivity index (χ2v) is 5.48. The van der Waals surface area contributed by atoms with E-state index < -0.39 is 0 Å². The second-order valence-electron chi connectivity index (χ2n) is 4.68. The molecule has 0 radical (unpaired) electrons. The minimum Gasteiger partial charge on any atom is -0.372 e. The highest BCUT2D eigenvalue weighted by molar-refractivity contribution is 9.10. The van der Waals surface area contributed by atoms with Gasteiger partial charge in [0.1, 0.15) is 22.4 Å². The molecule has 0 saturated heterocycles. The minimum absolute atomic E-state index is 0.773. The standard InChI is InChI=1S/C12H19BrN4/c1-8-4-3-5-9(8)6-15-12-10(13)11(14-2)16-7-17-12/h7-9H,3-6H2,1-2H3,(H2,14,15,16,17). The zero-order valence-corrected chi connectivity index (χ0v) is 11.9. The first kappa shape index (κ1) is 12.6. The van der Waals surface area contributed by atoms with Crippen LogP contribution in [0.1, 0.15) is 26.2 Å². The van der Waals surface area contributed by atoms with Crippen LogP contribution in [-0.2, 0) is 0 Å². The summed E-state index contributed by atoms with van der Waals surface area (Å²) >= 11 is 3.52. The van der Waals surface area contributed by atoms with Crippen LogP contribution in [0.2, 0.25) is 0 Å². The van der Waals surface area contributed by atoms with Gasteiger partial charge in [-0.2, -0.15) is 0 Å². The first-order chi connectivity index (χ1) is 8.22. The van der Waals surface area contributed by atoms with Gasteiger partial charge in [-0.25, -0.2) is 9.97 Å². The number of hydrogen-bond acceptors (Lipinski definition) is 4. The van der Waals surface area contributed by atoms with Crippen molar-refractivity contribution in [2.45, 2.75) is 26.2 Å². The number of anilines is 2. The molecule has 5 heteroatoms. The molecule has 1 saturated carbocycles. The summed E-state index contributed by atoms with van der Waals surface area (Å²) in [5, 5.41) is 6.46. The normalized spacial score (nSPS) is 23.7. The van der Waals surface area contributed by atoms with E-state index in [1.54, 1.807) is 6.33 Å². The lowest BCUT2D eigenvalue weighted by Crippen LogP contribution is -2.17. The third-order valence-corrected chi connectivity index (χ3v) is 4.35. The van der Waals surface area contributed by atoms with Crippen molar-refractivity contribution in [3.8, 4) is 0 Å². The molecule has 0 aromatic carbocycles. The number of rotatable bonds is 4. The Balaban J connectivity index is 1.99. The maximum atomic E-state index is 4.26. The van der Waals surface area contributed by atoms with Crippen LogP contribution in [0.4, 0.5) is 11.6 Å². The van der Waals surface area contributed by atoms with Crippen molar-refractivity contribution in [1.82, 2.24) is 9.97 Å². The van der Waals surface area contributed by atoms with Crippen LogP contribution in [0.3, 0.4) is 0 Å². The number of nitrogens with one attached hydrogen (secondary N) is 2. The molecule has 1 aliphatic rings. The second kappa shape index (κ2) is 5.67. The molecular formula is C12H19BrN4.